The summed E-state index contributed by atoms with van der Waals surface area (Å²) in [5.74, 6) is -0.297. The van der Waals surface area contributed by atoms with Crippen LogP contribution in [0.25, 0.3) is 0 Å². The van der Waals surface area contributed by atoms with Crippen LogP contribution in [-0.4, -0.2) is 41.2 Å². The summed E-state index contributed by atoms with van der Waals surface area (Å²) in [6.45, 7) is 0.602. The molecule has 0 aliphatic carbocycles. The minimum Gasteiger partial charge on any atom is -0.343 e. The zero-order valence-electron chi connectivity index (χ0n) is 13.8. The van der Waals surface area contributed by atoms with Crippen molar-refractivity contribution in [2.24, 2.45) is 7.05 Å². The molecule has 2 heterocycles. The van der Waals surface area contributed by atoms with Gasteiger partial charge >= 0.3 is 0 Å². The van der Waals surface area contributed by atoms with Gasteiger partial charge in [0.25, 0.3) is 0 Å². The second kappa shape index (κ2) is 6.84. The fourth-order valence-corrected chi connectivity index (χ4v) is 2.97. The fraction of sp³-hybridized carbons (Fsp3) is 0.353. The smallest absolute Gasteiger partial charge is 0.249 e. The van der Waals surface area contributed by atoms with Gasteiger partial charge in [-0.05, 0) is 25.6 Å². The molecule has 0 bridgehead atoms. The Morgan fingerprint density at radius 2 is 2.08 bits per heavy atom. The molecule has 126 valence electrons. The molecular formula is C17H21N5O2. The predicted molar refractivity (Wildman–Crippen MR) is 90.4 cm³/mol. The lowest BCUT2D eigenvalue weighted by atomic mass is 10.1. The van der Waals surface area contributed by atoms with E-state index in [9.17, 15) is 9.59 Å². The van der Waals surface area contributed by atoms with Crippen molar-refractivity contribution in [1.29, 1.82) is 0 Å². The molecule has 1 aliphatic rings. The molecule has 2 unspecified atom stereocenters. The summed E-state index contributed by atoms with van der Waals surface area (Å²) in [4.78, 5) is 26.8. The highest BCUT2D eigenvalue weighted by atomic mass is 16.2. The van der Waals surface area contributed by atoms with Gasteiger partial charge in [0, 0.05) is 31.0 Å². The topological polar surface area (TPSA) is 79.3 Å². The van der Waals surface area contributed by atoms with Gasteiger partial charge in [-0.25, -0.2) is 0 Å². The molecular weight excluding hydrogens is 306 g/mol. The third kappa shape index (κ3) is 3.16. The van der Waals surface area contributed by atoms with E-state index in [1.165, 1.54) is 0 Å². The number of benzene rings is 1. The Morgan fingerprint density at radius 1 is 1.33 bits per heavy atom. The van der Waals surface area contributed by atoms with E-state index in [2.05, 4.69) is 15.7 Å². The number of carbonyl (C=O) groups excluding carboxylic acids is 2. The van der Waals surface area contributed by atoms with E-state index in [-0.39, 0.29) is 11.8 Å². The monoisotopic (exact) mass is 327 g/mol. The van der Waals surface area contributed by atoms with E-state index in [1.807, 2.05) is 30.3 Å². The number of para-hydroxylation sites is 1. The average molecular weight is 327 g/mol. The van der Waals surface area contributed by atoms with Crippen molar-refractivity contribution in [3.8, 4) is 0 Å². The van der Waals surface area contributed by atoms with Gasteiger partial charge in [-0.3, -0.25) is 14.3 Å². The number of likely N-dealkylation sites (N-methyl/N-ethyl adjacent to an activating group) is 1. The molecule has 0 radical (unpaired) electrons. The maximum absolute atomic E-state index is 12.6. The van der Waals surface area contributed by atoms with Crippen molar-refractivity contribution in [3.05, 3.63) is 48.3 Å². The maximum atomic E-state index is 12.6. The van der Waals surface area contributed by atoms with Gasteiger partial charge in [-0.15, -0.1) is 0 Å². The van der Waals surface area contributed by atoms with Gasteiger partial charge < -0.3 is 15.5 Å². The van der Waals surface area contributed by atoms with Crippen LogP contribution in [0.4, 0.5) is 5.69 Å². The molecule has 1 aromatic carbocycles. The number of rotatable bonds is 5. The second-order valence-corrected chi connectivity index (χ2v) is 5.84. The van der Waals surface area contributed by atoms with Crippen molar-refractivity contribution >= 4 is 17.5 Å². The van der Waals surface area contributed by atoms with Crippen LogP contribution in [0, 0.1) is 0 Å². The number of aryl methyl sites for hydroxylation is 1. The Morgan fingerprint density at radius 3 is 2.71 bits per heavy atom. The first-order valence-electron chi connectivity index (χ1n) is 7.92. The third-order valence-corrected chi connectivity index (χ3v) is 4.20. The summed E-state index contributed by atoms with van der Waals surface area (Å²) in [5.41, 5.74) is 1.62. The summed E-state index contributed by atoms with van der Waals surface area (Å²) in [6.07, 6.45) is 4.03. The SMILES string of the molecule is CNC(C(=O)NC1CCN(c2ccccc2)C1=O)c1cnn(C)c1. The lowest BCUT2D eigenvalue weighted by Gasteiger charge is -2.19. The van der Waals surface area contributed by atoms with Crippen LogP contribution in [0.5, 0.6) is 0 Å². The van der Waals surface area contributed by atoms with Crippen molar-refractivity contribution in [1.82, 2.24) is 20.4 Å². The van der Waals surface area contributed by atoms with Gasteiger partial charge in [-0.2, -0.15) is 5.10 Å². The molecule has 1 aromatic heterocycles. The molecule has 2 aromatic rings. The number of aromatic nitrogens is 2. The molecule has 2 atom stereocenters. The van der Waals surface area contributed by atoms with Gasteiger partial charge in [0.15, 0.2) is 0 Å². The normalized spacial score (nSPS) is 18.7. The summed E-state index contributed by atoms with van der Waals surface area (Å²) in [7, 11) is 3.51. The first-order valence-corrected chi connectivity index (χ1v) is 7.92. The first-order chi connectivity index (χ1) is 11.6. The molecule has 0 saturated carbocycles. The zero-order chi connectivity index (χ0) is 17.1. The number of nitrogens with zero attached hydrogens (tertiary/aromatic N) is 3. The zero-order valence-corrected chi connectivity index (χ0v) is 13.8. The number of anilines is 1. The highest BCUT2D eigenvalue weighted by Gasteiger charge is 2.35. The lowest BCUT2D eigenvalue weighted by Crippen LogP contribution is -2.45. The Balaban J connectivity index is 1.67. The molecule has 3 rings (SSSR count). The number of hydrogen-bond acceptors (Lipinski definition) is 4. The van der Waals surface area contributed by atoms with E-state index in [0.29, 0.717) is 13.0 Å². The predicted octanol–water partition coefficient (Wildman–Crippen LogP) is 0.602. The Kier molecular flexibility index (Phi) is 4.61. The van der Waals surface area contributed by atoms with Crippen LogP contribution >= 0.6 is 0 Å². The largest absolute Gasteiger partial charge is 0.343 e. The van der Waals surface area contributed by atoms with Crippen molar-refractivity contribution in [2.45, 2.75) is 18.5 Å². The van der Waals surface area contributed by atoms with Crippen molar-refractivity contribution < 1.29 is 9.59 Å². The van der Waals surface area contributed by atoms with Gasteiger partial charge in [0.05, 0.1) is 6.20 Å². The fourth-order valence-electron chi connectivity index (χ4n) is 2.97. The van der Waals surface area contributed by atoms with Crippen LogP contribution in [0.3, 0.4) is 0 Å². The molecule has 7 nitrogen and oxygen atoms in total. The van der Waals surface area contributed by atoms with E-state index in [4.69, 9.17) is 0 Å². The maximum Gasteiger partial charge on any atom is 0.249 e. The molecule has 24 heavy (non-hydrogen) atoms. The van der Waals surface area contributed by atoms with Crippen molar-refractivity contribution in [3.63, 3.8) is 0 Å². The first kappa shape index (κ1) is 16.2. The molecule has 1 fully saturated rings. The van der Waals surface area contributed by atoms with Crippen LogP contribution in [0.2, 0.25) is 0 Å². The van der Waals surface area contributed by atoms with Gasteiger partial charge in [0.1, 0.15) is 12.1 Å². The Bertz CT molecular complexity index is 728. The van der Waals surface area contributed by atoms with E-state index in [0.717, 1.165) is 11.3 Å². The minimum atomic E-state index is -0.530. The average Bonchev–Trinajstić information content (AvgIpc) is 3.16. The lowest BCUT2D eigenvalue weighted by molar-refractivity contribution is -0.127. The molecule has 0 spiro atoms. The molecule has 1 saturated heterocycles. The number of hydrogen-bond donors (Lipinski definition) is 2. The van der Waals surface area contributed by atoms with Crippen molar-refractivity contribution in [2.75, 3.05) is 18.5 Å². The molecule has 1 aliphatic heterocycles. The summed E-state index contributed by atoms with van der Waals surface area (Å²) in [5, 5.41) is 9.92. The number of amides is 2. The Labute approximate surface area is 140 Å². The number of carbonyl (C=O) groups is 2. The highest BCUT2D eigenvalue weighted by Crippen LogP contribution is 2.21. The third-order valence-electron chi connectivity index (χ3n) is 4.20. The van der Waals surface area contributed by atoms with Crippen LogP contribution in [-0.2, 0) is 16.6 Å². The second-order valence-electron chi connectivity index (χ2n) is 5.84. The molecule has 2 N–H and O–H groups in total. The quantitative estimate of drug-likeness (QED) is 0.843. The summed E-state index contributed by atoms with van der Waals surface area (Å²) in [6, 6.07) is 8.47. The van der Waals surface area contributed by atoms with Crippen LogP contribution in [0.15, 0.2) is 42.7 Å². The standard InChI is InChI=1S/C17H21N5O2/c1-18-15(12-10-19-21(2)11-12)16(23)20-14-8-9-22(17(14)24)13-6-4-3-5-7-13/h3-7,10-11,14-15,18H,8-9H2,1-2H3,(H,20,23). The van der Waals surface area contributed by atoms with E-state index >= 15 is 0 Å². The van der Waals surface area contributed by atoms with E-state index < -0.39 is 12.1 Å². The summed E-state index contributed by atoms with van der Waals surface area (Å²) < 4.78 is 1.64. The Hall–Kier alpha value is -2.67. The van der Waals surface area contributed by atoms with Crippen LogP contribution in [0.1, 0.15) is 18.0 Å². The number of nitrogens with one attached hydrogen (secondary N) is 2. The van der Waals surface area contributed by atoms with Gasteiger partial charge in [0.2, 0.25) is 11.8 Å². The van der Waals surface area contributed by atoms with Crippen LogP contribution < -0.4 is 15.5 Å². The van der Waals surface area contributed by atoms with E-state index in [1.54, 1.807) is 36.1 Å². The minimum absolute atomic E-state index is 0.0735. The molecule has 7 heteroatoms. The molecule has 2 amide bonds. The highest BCUT2D eigenvalue weighted by molar-refractivity contribution is 6.01. The summed E-state index contributed by atoms with van der Waals surface area (Å²) >= 11 is 0. The van der Waals surface area contributed by atoms with Gasteiger partial charge in [-0.1, -0.05) is 18.2 Å².